The number of nitrogens with one attached hydrogen (secondary N) is 2. The molecule has 1 saturated heterocycles. The van der Waals surface area contributed by atoms with Gasteiger partial charge in [0.05, 0.1) is 5.52 Å². The largest absolute Gasteiger partial charge is 0.342 e. The maximum atomic E-state index is 13.5. The Morgan fingerprint density at radius 3 is 3.00 bits per heavy atom. The van der Waals surface area contributed by atoms with E-state index in [2.05, 4.69) is 15.3 Å². The van der Waals surface area contributed by atoms with Crippen molar-refractivity contribution in [1.82, 2.24) is 15.3 Å². The zero-order chi connectivity index (χ0) is 12.5. The lowest BCUT2D eigenvalue weighted by molar-refractivity contribution is 0.371. The van der Waals surface area contributed by atoms with Gasteiger partial charge in [-0.3, -0.25) is 0 Å². The third kappa shape index (κ3) is 2.10. The van der Waals surface area contributed by atoms with Gasteiger partial charge in [-0.25, -0.2) is 13.8 Å². The lowest BCUT2D eigenvalue weighted by atomic mass is 9.96. The zero-order valence-electron chi connectivity index (χ0n) is 9.97. The van der Waals surface area contributed by atoms with Crippen LogP contribution in [0.25, 0.3) is 11.0 Å². The van der Waals surface area contributed by atoms with Crippen molar-refractivity contribution < 1.29 is 8.78 Å². The molecule has 0 aliphatic carbocycles. The highest BCUT2D eigenvalue weighted by Crippen LogP contribution is 2.21. The van der Waals surface area contributed by atoms with Crippen LogP contribution < -0.4 is 5.32 Å². The minimum absolute atomic E-state index is 0.105. The van der Waals surface area contributed by atoms with Gasteiger partial charge >= 0.3 is 0 Å². The first-order valence-corrected chi connectivity index (χ1v) is 6.27. The Morgan fingerprint density at radius 1 is 1.33 bits per heavy atom. The molecule has 2 N–H and O–H groups in total. The van der Waals surface area contributed by atoms with E-state index in [4.69, 9.17) is 0 Å². The van der Waals surface area contributed by atoms with Gasteiger partial charge < -0.3 is 10.3 Å². The molecule has 0 saturated carbocycles. The Hall–Kier alpha value is -1.49. The predicted molar refractivity (Wildman–Crippen MR) is 65.3 cm³/mol. The summed E-state index contributed by atoms with van der Waals surface area (Å²) in [4.78, 5) is 7.23. The number of hydrogen-bond donors (Lipinski definition) is 2. The topological polar surface area (TPSA) is 40.7 Å². The first-order valence-electron chi connectivity index (χ1n) is 6.27. The summed E-state index contributed by atoms with van der Waals surface area (Å²) in [6.45, 7) is 2.03. The molecule has 1 aliphatic rings. The van der Waals surface area contributed by atoms with Gasteiger partial charge in [-0.15, -0.1) is 0 Å². The fraction of sp³-hybridized carbons (Fsp3) is 0.462. The normalized spacial score (nSPS) is 20.4. The summed E-state index contributed by atoms with van der Waals surface area (Å²) >= 11 is 0. The molecule has 5 heteroatoms. The highest BCUT2D eigenvalue weighted by Gasteiger charge is 2.17. The van der Waals surface area contributed by atoms with E-state index >= 15 is 0 Å². The lowest BCUT2D eigenvalue weighted by Crippen LogP contribution is -2.31. The number of rotatable bonds is 2. The number of imidazole rings is 1. The summed E-state index contributed by atoms with van der Waals surface area (Å²) in [7, 11) is 0. The Bertz CT molecular complexity index is 559. The third-order valence-corrected chi connectivity index (χ3v) is 3.48. The molecule has 1 aromatic carbocycles. The number of aromatic amines is 1. The van der Waals surface area contributed by atoms with E-state index in [0.29, 0.717) is 11.4 Å². The van der Waals surface area contributed by atoms with E-state index in [-0.39, 0.29) is 5.52 Å². The molecule has 0 spiro atoms. The van der Waals surface area contributed by atoms with E-state index in [1.807, 2.05) is 0 Å². The molecule has 0 bridgehead atoms. The van der Waals surface area contributed by atoms with Crippen LogP contribution in [0.3, 0.4) is 0 Å². The molecule has 0 radical (unpaired) electrons. The van der Waals surface area contributed by atoms with Gasteiger partial charge in [0.25, 0.3) is 0 Å². The first kappa shape index (κ1) is 11.6. The molecule has 1 atom stereocenters. The number of hydrogen-bond acceptors (Lipinski definition) is 2. The van der Waals surface area contributed by atoms with Gasteiger partial charge in [-0.1, -0.05) is 0 Å². The second kappa shape index (κ2) is 4.65. The molecule has 1 aliphatic heterocycles. The summed E-state index contributed by atoms with van der Waals surface area (Å²) in [5, 5.41) is 3.33. The van der Waals surface area contributed by atoms with Crippen molar-refractivity contribution in [3.63, 3.8) is 0 Å². The number of halogens is 2. The summed E-state index contributed by atoms with van der Waals surface area (Å²) < 4.78 is 26.6. The molecule has 18 heavy (non-hydrogen) atoms. The number of H-pyrrole nitrogens is 1. The first-order chi connectivity index (χ1) is 8.74. The highest BCUT2D eigenvalue weighted by molar-refractivity contribution is 5.75. The van der Waals surface area contributed by atoms with Crippen LogP contribution in [0.5, 0.6) is 0 Å². The predicted octanol–water partition coefficient (Wildman–Crippen LogP) is 2.38. The Morgan fingerprint density at radius 2 is 2.22 bits per heavy atom. The average Bonchev–Trinajstić information content (AvgIpc) is 2.79. The molecular formula is C13H15F2N3. The zero-order valence-corrected chi connectivity index (χ0v) is 9.97. The monoisotopic (exact) mass is 251 g/mol. The van der Waals surface area contributed by atoms with E-state index in [1.165, 1.54) is 6.07 Å². The van der Waals surface area contributed by atoms with E-state index < -0.39 is 11.6 Å². The van der Waals surface area contributed by atoms with Gasteiger partial charge in [0.15, 0.2) is 11.6 Å². The Balaban J connectivity index is 1.86. The fourth-order valence-corrected chi connectivity index (χ4v) is 2.54. The van der Waals surface area contributed by atoms with Crippen LogP contribution in [0.2, 0.25) is 0 Å². The van der Waals surface area contributed by atoms with Crippen LogP contribution in [0, 0.1) is 17.6 Å². The van der Waals surface area contributed by atoms with Crippen LogP contribution in [0.15, 0.2) is 12.1 Å². The number of aromatic nitrogens is 2. The number of fused-ring (bicyclic) bond motifs is 1. The molecule has 3 rings (SSSR count). The van der Waals surface area contributed by atoms with Crippen LogP contribution in [0.4, 0.5) is 8.78 Å². The second-order valence-electron chi connectivity index (χ2n) is 4.86. The number of piperidine rings is 1. The van der Waals surface area contributed by atoms with Crippen molar-refractivity contribution in [2.75, 3.05) is 13.1 Å². The third-order valence-electron chi connectivity index (χ3n) is 3.48. The minimum atomic E-state index is -0.864. The summed E-state index contributed by atoms with van der Waals surface area (Å²) in [5.74, 6) is -0.452. The van der Waals surface area contributed by atoms with Crippen molar-refractivity contribution in [3.05, 3.63) is 29.6 Å². The SMILES string of the molecule is Fc1ccc2[nH]c(CC3CCCNC3)nc2c1F. The van der Waals surface area contributed by atoms with Crippen molar-refractivity contribution in [3.8, 4) is 0 Å². The van der Waals surface area contributed by atoms with Gasteiger partial charge in [-0.05, 0) is 44.0 Å². The van der Waals surface area contributed by atoms with Gasteiger partial charge in [0, 0.05) is 6.42 Å². The van der Waals surface area contributed by atoms with Crippen molar-refractivity contribution in [2.24, 2.45) is 5.92 Å². The fourth-order valence-electron chi connectivity index (χ4n) is 2.54. The quantitative estimate of drug-likeness (QED) is 0.860. The van der Waals surface area contributed by atoms with E-state index in [0.717, 1.165) is 44.2 Å². The summed E-state index contributed by atoms with van der Waals surface area (Å²) in [6, 6.07) is 2.66. The van der Waals surface area contributed by atoms with Crippen LogP contribution in [-0.2, 0) is 6.42 Å². The van der Waals surface area contributed by atoms with Gasteiger partial charge in [-0.2, -0.15) is 0 Å². The maximum Gasteiger partial charge on any atom is 0.186 e. The van der Waals surface area contributed by atoms with Crippen LogP contribution >= 0.6 is 0 Å². The Kier molecular flexibility index (Phi) is 2.99. The van der Waals surface area contributed by atoms with Gasteiger partial charge in [0.1, 0.15) is 11.3 Å². The van der Waals surface area contributed by atoms with E-state index in [9.17, 15) is 8.78 Å². The van der Waals surface area contributed by atoms with E-state index in [1.54, 1.807) is 0 Å². The molecule has 2 heterocycles. The summed E-state index contributed by atoms with van der Waals surface area (Å²) in [5.41, 5.74) is 0.668. The molecular weight excluding hydrogens is 236 g/mol. The number of nitrogens with zero attached hydrogens (tertiary/aromatic N) is 1. The molecule has 96 valence electrons. The number of benzene rings is 1. The van der Waals surface area contributed by atoms with Crippen molar-refractivity contribution in [1.29, 1.82) is 0 Å². The lowest BCUT2D eigenvalue weighted by Gasteiger charge is -2.21. The molecule has 0 amide bonds. The maximum absolute atomic E-state index is 13.5. The minimum Gasteiger partial charge on any atom is -0.342 e. The Labute approximate surface area is 104 Å². The second-order valence-corrected chi connectivity index (χ2v) is 4.86. The smallest absolute Gasteiger partial charge is 0.186 e. The summed E-state index contributed by atoms with van der Waals surface area (Å²) in [6.07, 6.45) is 3.09. The van der Waals surface area contributed by atoms with Crippen molar-refractivity contribution >= 4 is 11.0 Å². The molecule has 1 fully saturated rings. The molecule has 2 aromatic rings. The average molecular weight is 251 g/mol. The molecule has 1 unspecified atom stereocenters. The molecule has 1 aromatic heterocycles. The standard InChI is InChI=1S/C13H15F2N3/c14-9-3-4-10-13(12(9)15)18-11(17-10)6-8-2-1-5-16-7-8/h3-4,8,16H,1-2,5-7H2,(H,17,18). The van der Waals surface area contributed by atoms with Gasteiger partial charge in [0.2, 0.25) is 0 Å². The highest BCUT2D eigenvalue weighted by atomic mass is 19.2. The van der Waals surface area contributed by atoms with Crippen LogP contribution in [0.1, 0.15) is 18.7 Å². The molecule has 3 nitrogen and oxygen atoms in total. The van der Waals surface area contributed by atoms with Crippen molar-refractivity contribution in [2.45, 2.75) is 19.3 Å². The van der Waals surface area contributed by atoms with Crippen LogP contribution in [-0.4, -0.2) is 23.1 Å².